The highest BCUT2D eigenvalue weighted by Crippen LogP contribution is 2.21. The number of halogens is 1. The summed E-state index contributed by atoms with van der Waals surface area (Å²) in [6.45, 7) is 1.77. The third-order valence-electron chi connectivity index (χ3n) is 1.96. The fourth-order valence-corrected chi connectivity index (χ4v) is 1.50. The van der Waals surface area contributed by atoms with Crippen LogP contribution in [-0.4, -0.2) is 4.98 Å². The van der Waals surface area contributed by atoms with Crippen LogP contribution in [0.4, 0.5) is 0 Å². The maximum absolute atomic E-state index is 11.3. The molecule has 0 aliphatic heterocycles. The van der Waals surface area contributed by atoms with Crippen LogP contribution in [0.1, 0.15) is 5.56 Å². The molecule has 0 fully saturated rings. The fraction of sp³-hybridized carbons (Fsp3) is 0.111. The van der Waals surface area contributed by atoms with Crippen LogP contribution in [0.2, 0.25) is 5.02 Å². The van der Waals surface area contributed by atoms with Crippen LogP contribution in [0.5, 0.6) is 0 Å². The number of hydrogen-bond donors (Lipinski definition) is 1. The molecule has 14 heavy (non-hydrogen) atoms. The molecular formula is C9H6ClNO3. The normalized spacial score (nSPS) is 10.7. The maximum Gasteiger partial charge on any atom is 0.419 e. The molecule has 2 aromatic rings. The molecule has 4 nitrogen and oxygen atoms in total. The van der Waals surface area contributed by atoms with Crippen molar-refractivity contribution in [3.05, 3.63) is 43.7 Å². The molecule has 0 aliphatic rings. The maximum atomic E-state index is 11.3. The van der Waals surface area contributed by atoms with Crippen molar-refractivity contribution < 1.29 is 4.42 Å². The first-order valence-electron chi connectivity index (χ1n) is 3.92. The summed E-state index contributed by atoms with van der Waals surface area (Å²) < 4.78 is 4.38. The number of fused-ring (bicyclic) bond motifs is 1. The molecule has 1 aromatic carbocycles. The van der Waals surface area contributed by atoms with Crippen LogP contribution in [0.15, 0.2) is 26.1 Å². The first-order chi connectivity index (χ1) is 6.59. The van der Waals surface area contributed by atoms with E-state index in [1.807, 2.05) is 0 Å². The summed E-state index contributed by atoms with van der Waals surface area (Å²) in [6.07, 6.45) is 0. The molecule has 0 spiro atoms. The van der Waals surface area contributed by atoms with Crippen molar-refractivity contribution in [1.29, 1.82) is 0 Å². The Labute approximate surface area is 83.1 Å². The lowest BCUT2D eigenvalue weighted by molar-refractivity contribution is 0.460. The summed E-state index contributed by atoms with van der Waals surface area (Å²) in [7, 11) is 0. The zero-order valence-corrected chi connectivity index (χ0v) is 8.01. The third kappa shape index (κ3) is 1.24. The monoisotopic (exact) mass is 211 g/mol. The predicted octanol–water partition coefficient (Wildman–Crippen LogP) is 1.44. The van der Waals surface area contributed by atoms with E-state index in [-0.39, 0.29) is 5.39 Å². The lowest BCUT2D eigenvalue weighted by Gasteiger charge is -2.00. The first-order valence-corrected chi connectivity index (χ1v) is 4.29. The van der Waals surface area contributed by atoms with Gasteiger partial charge in [0, 0.05) is 0 Å². The number of aromatic amines is 1. The molecular weight excluding hydrogens is 206 g/mol. The third-order valence-corrected chi connectivity index (χ3v) is 2.45. The first kappa shape index (κ1) is 9.02. The van der Waals surface area contributed by atoms with Gasteiger partial charge in [0.1, 0.15) is 5.39 Å². The van der Waals surface area contributed by atoms with Gasteiger partial charge in [-0.1, -0.05) is 17.7 Å². The van der Waals surface area contributed by atoms with E-state index < -0.39 is 11.4 Å². The Kier molecular flexibility index (Phi) is 1.93. The van der Waals surface area contributed by atoms with Crippen LogP contribution < -0.4 is 11.4 Å². The van der Waals surface area contributed by atoms with Crippen LogP contribution in [0.25, 0.3) is 10.9 Å². The van der Waals surface area contributed by atoms with Crippen molar-refractivity contribution in [2.75, 3.05) is 0 Å². The second kappa shape index (κ2) is 2.99. The molecule has 0 atom stereocenters. The van der Waals surface area contributed by atoms with Crippen molar-refractivity contribution in [3.63, 3.8) is 0 Å². The van der Waals surface area contributed by atoms with Crippen molar-refractivity contribution in [1.82, 2.24) is 4.98 Å². The number of hydrogen-bond acceptors (Lipinski definition) is 3. The van der Waals surface area contributed by atoms with Gasteiger partial charge < -0.3 is 4.42 Å². The summed E-state index contributed by atoms with van der Waals surface area (Å²) in [5.41, 5.74) is 0.442. The molecule has 1 aromatic heterocycles. The largest absolute Gasteiger partial charge is 0.419 e. The Bertz CT molecular complexity index is 611. The minimum atomic E-state index is -0.776. The molecule has 0 unspecified atom stereocenters. The Morgan fingerprint density at radius 1 is 1.36 bits per heavy atom. The van der Waals surface area contributed by atoms with Crippen LogP contribution in [0, 0.1) is 6.92 Å². The van der Waals surface area contributed by atoms with Gasteiger partial charge in [0.25, 0.3) is 0 Å². The van der Waals surface area contributed by atoms with Crippen LogP contribution in [-0.2, 0) is 0 Å². The van der Waals surface area contributed by atoms with Gasteiger partial charge in [-0.15, -0.1) is 0 Å². The van der Waals surface area contributed by atoms with Crippen molar-refractivity contribution in [2.45, 2.75) is 6.92 Å². The van der Waals surface area contributed by atoms with E-state index >= 15 is 0 Å². The zero-order chi connectivity index (χ0) is 10.3. The number of rotatable bonds is 0. The Hall–Kier alpha value is -1.55. The summed E-state index contributed by atoms with van der Waals surface area (Å²) in [5.74, 6) is -0.776. The summed E-state index contributed by atoms with van der Waals surface area (Å²) in [4.78, 5) is 24.5. The Morgan fingerprint density at radius 3 is 2.79 bits per heavy atom. The summed E-state index contributed by atoms with van der Waals surface area (Å²) >= 11 is 5.90. The van der Waals surface area contributed by atoms with Crippen LogP contribution >= 0.6 is 11.6 Å². The van der Waals surface area contributed by atoms with Gasteiger partial charge >= 0.3 is 11.4 Å². The number of H-pyrrole nitrogens is 1. The van der Waals surface area contributed by atoms with Gasteiger partial charge in [-0.05, 0) is 18.6 Å². The lowest BCUT2D eigenvalue weighted by Crippen LogP contribution is -2.14. The predicted molar refractivity (Wildman–Crippen MR) is 52.9 cm³/mol. The van der Waals surface area contributed by atoms with Gasteiger partial charge in [-0.3, -0.25) is 4.98 Å². The van der Waals surface area contributed by atoms with E-state index in [0.717, 1.165) is 5.56 Å². The SMILES string of the molecule is Cc1ccc2[nH]c(=O)oc(=O)c2c1Cl. The van der Waals surface area contributed by atoms with E-state index in [9.17, 15) is 9.59 Å². The molecule has 72 valence electrons. The molecule has 1 N–H and O–H groups in total. The topological polar surface area (TPSA) is 63.1 Å². The molecule has 1 heterocycles. The molecule has 0 bridgehead atoms. The number of nitrogens with one attached hydrogen (secondary N) is 1. The van der Waals surface area contributed by atoms with Crippen LogP contribution in [0.3, 0.4) is 0 Å². The van der Waals surface area contributed by atoms with Crippen molar-refractivity contribution >= 4 is 22.5 Å². The Morgan fingerprint density at radius 2 is 2.07 bits per heavy atom. The van der Waals surface area contributed by atoms with Gasteiger partial charge in [0.15, 0.2) is 0 Å². The number of benzene rings is 1. The van der Waals surface area contributed by atoms with E-state index in [4.69, 9.17) is 11.6 Å². The van der Waals surface area contributed by atoms with E-state index in [1.54, 1.807) is 19.1 Å². The highest BCUT2D eigenvalue weighted by molar-refractivity contribution is 6.36. The number of aromatic nitrogens is 1. The van der Waals surface area contributed by atoms with Gasteiger partial charge in [0.2, 0.25) is 0 Å². The average Bonchev–Trinajstić information content (AvgIpc) is 2.10. The van der Waals surface area contributed by atoms with Crippen molar-refractivity contribution in [2.24, 2.45) is 0 Å². The molecule has 0 saturated heterocycles. The van der Waals surface area contributed by atoms with Gasteiger partial charge in [-0.2, -0.15) is 0 Å². The molecule has 0 aliphatic carbocycles. The minimum absolute atomic E-state index is 0.214. The second-order valence-electron chi connectivity index (χ2n) is 2.92. The summed E-state index contributed by atoms with van der Waals surface area (Å²) in [5, 5.41) is 0.527. The Balaban J connectivity index is 3.11. The molecule has 0 saturated carbocycles. The fourth-order valence-electron chi connectivity index (χ4n) is 1.25. The van der Waals surface area contributed by atoms with E-state index in [1.165, 1.54) is 0 Å². The highest BCUT2D eigenvalue weighted by atomic mass is 35.5. The second-order valence-corrected chi connectivity index (χ2v) is 3.30. The average molecular weight is 212 g/mol. The molecule has 0 amide bonds. The van der Waals surface area contributed by atoms with Gasteiger partial charge in [-0.25, -0.2) is 9.59 Å². The quantitative estimate of drug-likeness (QED) is 0.717. The molecule has 5 heteroatoms. The molecule has 0 radical (unpaired) electrons. The highest BCUT2D eigenvalue weighted by Gasteiger charge is 2.08. The van der Waals surface area contributed by atoms with Crippen molar-refractivity contribution in [3.8, 4) is 0 Å². The lowest BCUT2D eigenvalue weighted by atomic mass is 10.2. The van der Waals surface area contributed by atoms with Gasteiger partial charge in [0.05, 0.1) is 10.5 Å². The van der Waals surface area contributed by atoms with E-state index in [2.05, 4.69) is 9.40 Å². The minimum Gasteiger partial charge on any atom is -0.372 e. The standard InChI is InChI=1S/C9H6ClNO3/c1-4-2-3-5-6(7(4)10)8(12)14-9(13)11-5/h2-3H,1H3,(H,11,13). The zero-order valence-electron chi connectivity index (χ0n) is 7.26. The smallest absolute Gasteiger partial charge is 0.372 e. The van der Waals surface area contributed by atoms with E-state index in [0.29, 0.717) is 10.5 Å². The summed E-state index contributed by atoms with van der Waals surface area (Å²) in [6, 6.07) is 3.34. The number of aryl methyl sites for hydroxylation is 1. The molecule has 2 rings (SSSR count).